The topological polar surface area (TPSA) is 72.9 Å². The maximum atomic E-state index is 5.33. The van der Waals surface area contributed by atoms with E-state index >= 15 is 0 Å². The summed E-state index contributed by atoms with van der Waals surface area (Å²) in [6.45, 7) is 4.67. The number of aromatic nitrogens is 5. The fraction of sp³-hybridized carbons (Fsp3) is 0.412. The molecule has 4 heterocycles. The van der Waals surface area contributed by atoms with Crippen LogP contribution in [0.15, 0.2) is 35.2 Å². The summed E-state index contributed by atoms with van der Waals surface area (Å²) in [7, 11) is 1.96. The lowest BCUT2D eigenvalue weighted by molar-refractivity contribution is 0.309. The Kier molecular flexibility index (Phi) is 3.86. The molecule has 7 heteroatoms. The maximum Gasteiger partial charge on any atom is 0.231 e. The summed E-state index contributed by atoms with van der Waals surface area (Å²) in [6, 6.07) is 3.99. The number of nitrogens with zero attached hydrogens (tertiary/aromatic N) is 6. The Labute approximate surface area is 140 Å². The van der Waals surface area contributed by atoms with Gasteiger partial charge in [0.2, 0.25) is 5.89 Å². The van der Waals surface area contributed by atoms with Crippen molar-refractivity contribution in [2.24, 2.45) is 7.05 Å². The van der Waals surface area contributed by atoms with Crippen LogP contribution in [0.2, 0.25) is 0 Å². The average molecular weight is 324 g/mol. The highest BCUT2D eigenvalue weighted by Crippen LogP contribution is 2.29. The zero-order valence-electron chi connectivity index (χ0n) is 13.9. The van der Waals surface area contributed by atoms with Gasteiger partial charge in [0.15, 0.2) is 5.82 Å². The Morgan fingerprint density at radius 3 is 3.04 bits per heavy atom. The van der Waals surface area contributed by atoms with Crippen LogP contribution in [0.4, 0.5) is 0 Å². The molecule has 0 saturated carbocycles. The molecule has 0 aliphatic carbocycles. The van der Waals surface area contributed by atoms with E-state index in [1.807, 2.05) is 37.0 Å². The van der Waals surface area contributed by atoms with Gasteiger partial charge < -0.3 is 4.52 Å². The van der Waals surface area contributed by atoms with E-state index in [0.29, 0.717) is 11.7 Å². The lowest BCUT2D eigenvalue weighted by atomic mass is 10.1. The predicted octanol–water partition coefficient (Wildman–Crippen LogP) is 2.16. The molecule has 4 rings (SSSR count). The van der Waals surface area contributed by atoms with Gasteiger partial charge in [0.05, 0.1) is 11.6 Å². The summed E-state index contributed by atoms with van der Waals surface area (Å²) in [5, 5.41) is 8.52. The van der Waals surface area contributed by atoms with E-state index in [0.717, 1.165) is 43.2 Å². The summed E-state index contributed by atoms with van der Waals surface area (Å²) < 4.78 is 7.20. The molecule has 1 unspecified atom stereocenters. The first-order valence-electron chi connectivity index (χ1n) is 8.14. The van der Waals surface area contributed by atoms with Crippen LogP contribution in [-0.4, -0.2) is 42.9 Å². The van der Waals surface area contributed by atoms with E-state index in [2.05, 4.69) is 31.3 Å². The van der Waals surface area contributed by atoms with E-state index < -0.39 is 0 Å². The minimum Gasteiger partial charge on any atom is -0.339 e. The standard InChI is InChI=1S/C17H20N6O/c1-12-19-17(24-21-12)14-5-7-23(10-14)11-15-9-22(2)20-16(15)13-4-3-6-18-8-13/h3-4,6,8-9,14H,5,7,10-11H2,1-2H3. The van der Waals surface area contributed by atoms with Crippen molar-refractivity contribution >= 4 is 0 Å². The van der Waals surface area contributed by atoms with Crippen LogP contribution in [0.3, 0.4) is 0 Å². The molecule has 1 saturated heterocycles. The first-order valence-corrected chi connectivity index (χ1v) is 8.14. The van der Waals surface area contributed by atoms with Crippen molar-refractivity contribution in [3.63, 3.8) is 0 Å². The Bertz CT molecular complexity index is 825. The second-order valence-electron chi connectivity index (χ2n) is 6.32. The molecule has 3 aromatic rings. The van der Waals surface area contributed by atoms with Crippen LogP contribution < -0.4 is 0 Å². The zero-order valence-corrected chi connectivity index (χ0v) is 13.9. The summed E-state index contributed by atoms with van der Waals surface area (Å²) in [4.78, 5) is 11.0. The summed E-state index contributed by atoms with van der Waals surface area (Å²) >= 11 is 0. The fourth-order valence-electron chi connectivity index (χ4n) is 3.30. The van der Waals surface area contributed by atoms with Gasteiger partial charge in [0.25, 0.3) is 0 Å². The minimum absolute atomic E-state index is 0.324. The molecule has 0 amide bonds. The van der Waals surface area contributed by atoms with Gasteiger partial charge in [0, 0.05) is 49.9 Å². The lowest BCUT2D eigenvalue weighted by Crippen LogP contribution is -2.20. The predicted molar refractivity (Wildman–Crippen MR) is 88.1 cm³/mol. The van der Waals surface area contributed by atoms with Gasteiger partial charge in [-0.05, 0) is 32.0 Å². The maximum absolute atomic E-state index is 5.33. The van der Waals surface area contributed by atoms with Crippen LogP contribution in [0.5, 0.6) is 0 Å². The number of pyridine rings is 1. The second kappa shape index (κ2) is 6.16. The molecule has 0 spiro atoms. The zero-order chi connectivity index (χ0) is 16.5. The van der Waals surface area contributed by atoms with Crippen LogP contribution in [0, 0.1) is 6.92 Å². The normalized spacial score (nSPS) is 18.3. The third kappa shape index (κ3) is 2.94. The van der Waals surface area contributed by atoms with Crippen molar-refractivity contribution in [2.45, 2.75) is 25.8 Å². The third-order valence-corrected chi connectivity index (χ3v) is 4.40. The van der Waals surface area contributed by atoms with Gasteiger partial charge in [-0.2, -0.15) is 10.1 Å². The monoisotopic (exact) mass is 324 g/mol. The Hall–Kier alpha value is -2.54. The van der Waals surface area contributed by atoms with Gasteiger partial charge in [-0.1, -0.05) is 5.16 Å². The Balaban J connectivity index is 1.50. The molecule has 0 N–H and O–H groups in total. The molecule has 7 nitrogen and oxygen atoms in total. The summed E-state index contributed by atoms with van der Waals surface area (Å²) in [5.41, 5.74) is 3.27. The number of aryl methyl sites for hydroxylation is 2. The number of hydrogen-bond donors (Lipinski definition) is 0. The fourth-order valence-corrected chi connectivity index (χ4v) is 3.30. The molecule has 124 valence electrons. The van der Waals surface area contributed by atoms with Crippen molar-refractivity contribution < 1.29 is 4.52 Å². The molecule has 0 radical (unpaired) electrons. The first-order chi connectivity index (χ1) is 11.7. The SMILES string of the molecule is Cc1noc(C2CCN(Cc3cn(C)nc3-c3cccnc3)C2)n1. The molecule has 0 bridgehead atoms. The third-order valence-electron chi connectivity index (χ3n) is 4.40. The molecule has 24 heavy (non-hydrogen) atoms. The summed E-state index contributed by atoms with van der Waals surface area (Å²) in [6.07, 6.45) is 6.78. The second-order valence-corrected chi connectivity index (χ2v) is 6.32. The van der Waals surface area contributed by atoms with E-state index in [1.54, 1.807) is 6.20 Å². The van der Waals surface area contributed by atoms with Crippen LogP contribution in [0.25, 0.3) is 11.3 Å². The van der Waals surface area contributed by atoms with E-state index in [4.69, 9.17) is 4.52 Å². The molecule has 1 atom stereocenters. The van der Waals surface area contributed by atoms with Crippen molar-refractivity contribution in [3.8, 4) is 11.3 Å². The van der Waals surface area contributed by atoms with Crippen LogP contribution >= 0.6 is 0 Å². The van der Waals surface area contributed by atoms with E-state index in [9.17, 15) is 0 Å². The number of likely N-dealkylation sites (tertiary alicyclic amines) is 1. The molecular weight excluding hydrogens is 304 g/mol. The van der Waals surface area contributed by atoms with Crippen molar-refractivity contribution in [2.75, 3.05) is 13.1 Å². The Morgan fingerprint density at radius 2 is 2.29 bits per heavy atom. The van der Waals surface area contributed by atoms with Gasteiger partial charge in [-0.25, -0.2) is 0 Å². The smallest absolute Gasteiger partial charge is 0.231 e. The van der Waals surface area contributed by atoms with Gasteiger partial charge >= 0.3 is 0 Å². The van der Waals surface area contributed by atoms with Crippen molar-refractivity contribution in [3.05, 3.63) is 48.0 Å². The highest BCUT2D eigenvalue weighted by Gasteiger charge is 2.28. The lowest BCUT2D eigenvalue weighted by Gasteiger charge is -2.15. The quantitative estimate of drug-likeness (QED) is 0.732. The molecular formula is C17H20N6O. The van der Waals surface area contributed by atoms with E-state index in [1.165, 1.54) is 5.56 Å². The highest BCUT2D eigenvalue weighted by atomic mass is 16.5. The van der Waals surface area contributed by atoms with E-state index in [-0.39, 0.29) is 0 Å². The number of hydrogen-bond acceptors (Lipinski definition) is 6. The van der Waals surface area contributed by atoms with Gasteiger partial charge in [-0.15, -0.1) is 0 Å². The highest BCUT2D eigenvalue weighted by molar-refractivity contribution is 5.61. The van der Waals surface area contributed by atoms with Crippen LogP contribution in [-0.2, 0) is 13.6 Å². The molecule has 1 aliphatic heterocycles. The molecule has 0 aromatic carbocycles. The van der Waals surface area contributed by atoms with Gasteiger partial charge in [0.1, 0.15) is 0 Å². The summed E-state index contributed by atoms with van der Waals surface area (Å²) in [5.74, 6) is 1.79. The average Bonchev–Trinajstić information content (AvgIpc) is 3.29. The number of rotatable bonds is 4. The van der Waals surface area contributed by atoms with Crippen molar-refractivity contribution in [1.29, 1.82) is 0 Å². The molecule has 3 aromatic heterocycles. The largest absolute Gasteiger partial charge is 0.339 e. The van der Waals surface area contributed by atoms with Crippen LogP contribution in [0.1, 0.15) is 29.6 Å². The first kappa shape index (κ1) is 15.0. The minimum atomic E-state index is 0.324. The van der Waals surface area contributed by atoms with Gasteiger partial charge in [-0.3, -0.25) is 14.6 Å². The molecule has 1 fully saturated rings. The van der Waals surface area contributed by atoms with Crippen molar-refractivity contribution in [1.82, 2.24) is 29.8 Å². The molecule has 1 aliphatic rings. The Morgan fingerprint density at radius 1 is 1.38 bits per heavy atom.